The van der Waals surface area contributed by atoms with Crippen molar-refractivity contribution in [2.75, 3.05) is 31.1 Å². The van der Waals surface area contributed by atoms with Crippen LogP contribution in [0.3, 0.4) is 0 Å². The van der Waals surface area contributed by atoms with E-state index in [1.54, 1.807) is 24.5 Å². The highest BCUT2D eigenvalue weighted by atomic mass is 19.1. The first-order valence-corrected chi connectivity index (χ1v) is 13.2. The molecule has 1 saturated heterocycles. The second-order valence-electron chi connectivity index (χ2n) is 9.57. The Hall–Kier alpha value is -4.60. The van der Waals surface area contributed by atoms with Gasteiger partial charge in [-0.15, -0.1) is 0 Å². The highest BCUT2D eigenvalue weighted by molar-refractivity contribution is 5.97. The van der Waals surface area contributed by atoms with Gasteiger partial charge in [-0.05, 0) is 48.9 Å². The molecule has 0 bridgehead atoms. The van der Waals surface area contributed by atoms with E-state index in [2.05, 4.69) is 31.3 Å². The van der Waals surface area contributed by atoms with Gasteiger partial charge >= 0.3 is 0 Å². The fourth-order valence-corrected chi connectivity index (χ4v) is 5.12. The van der Waals surface area contributed by atoms with E-state index in [1.165, 1.54) is 6.07 Å². The number of fused-ring (bicyclic) bond motifs is 1. The van der Waals surface area contributed by atoms with E-state index in [9.17, 15) is 9.18 Å². The number of anilines is 1. The first kappa shape index (κ1) is 24.7. The molecule has 198 valence electrons. The van der Waals surface area contributed by atoms with Crippen LogP contribution in [0.15, 0.2) is 73.2 Å². The third-order valence-corrected chi connectivity index (χ3v) is 7.03. The second-order valence-corrected chi connectivity index (χ2v) is 9.57. The van der Waals surface area contributed by atoms with E-state index >= 15 is 0 Å². The van der Waals surface area contributed by atoms with Gasteiger partial charge in [0.05, 0.1) is 17.6 Å². The van der Waals surface area contributed by atoms with Crippen LogP contribution in [0.2, 0.25) is 0 Å². The molecule has 5 heterocycles. The van der Waals surface area contributed by atoms with Crippen LogP contribution < -0.4 is 4.90 Å². The molecular formula is C29H29FN8O. The summed E-state index contributed by atoms with van der Waals surface area (Å²) in [4.78, 5) is 35.3. The van der Waals surface area contributed by atoms with Crippen LogP contribution in [0.4, 0.5) is 10.2 Å². The lowest BCUT2D eigenvalue weighted by Gasteiger charge is -2.35. The molecule has 10 heteroatoms. The molecule has 0 radical (unpaired) electrons. The zero-order valence-electron chi connectivity index (χ0n) is 21.7. The summed E-state index contributed by atoms with van der Waals surface area (Å²) >= 11 is 0. The standard InChI is InChI=1S/C29H29FN8O/c1-2-13-38-24-10-9-21(29(39)36-17-15-35(16-18-36)26-8-3-4-11-31-26)19-23(24)34-27(38)20-37-14-12-32-28(37)22-6-5-7-25(30)33-22/h3-12,14,19H,2,13,15-18,20H2,1H3. The van der Waals surface area contributed by atoms with Crippen molar-refractivity contribution in [3.63, 3.8) is 0 Å². The van der Waals surface area contributed by atoms with Gasteiger partial charge in [-0.25, -0.2) is 19.9 Å². The smallest absolute Gasteiger partial charge is 0.254 e. The van der Waals surface area contributed by atoms with Gasteiger partial charge in [-0.3, -0.25) is 4.79 Å². The van der Waals surface area contributed by atoms with Gasteiger partial charge in [-0.1, -0.05) is 19.1 Å². The quantitative estimate of drug-likeness (QED) is 0.296. The number of halogens is 1. The molecule has 0 unspecified atom stereocenters. The third kappa shape index (κ3) is 4.97. The molecule has 1 fully saturated rings. The lowest BCUT2D eigenvalue weighted by molar-refractivity contribution is 0.0746. The highest BCUT2D eigenvalue weighted by Crippen LogP contribution is 2.23. The van der Waals surface area contributed by atoms with Gasteiger partial charge in [0.25, 0.3) is 5.91 Å². The van der Waals surface area contributed by atoms with E-state index in [0.29, 0.717) is 36.7 Å². The summed E-state index contributed by atoms with van der Waals surface area (Å²) in [5.41, 5.74) is 2.86. The number of carbonyl (C=O) groups excluding carboxylic acids is 1. The predicted molar refractivity (Wildman–Crippen MR) is 147 cm³/mol. The summed E-state index contributed by atoms with van der Waals surface area (Å²) in [5.74, 6) is 1.82. The molecule has 9 nitrogen and oxygen atoms in total. The van der Waals surface area contributed by atoms with E-state index < -0.39 is 5.95 Å². The van der Waals surface area contributed by atoms with Crippen molar-refractivity contribution < 1.29 is 9.18 Å². The Balaban J connectivity index is 1.24. The summed E-state index contributed by atoms with van der Waals surface area (Å²) < 4.78 is 17.9. The Labute approximate surface area is 225 Å². The molecule has 0 aliphatic carbocycles. The lowest BCUT2D eigenvalue weighted by atomic mass is 10.1. The minimum atomic E-state index is -0.546. The van der Waals surface area contributed by atoms with E-state index in [0.717, 1.165) is 48.7 Å². The third-order valence-electron chi connectivity index (χ3n) is 7.03. The van der Waals surface area contributed by atoms with E-state index in [1.807, 2.05) is 52.1 Å². The number of pyridine rings is 2. The lowest BCUT2D eigenvalue weighted by Crippen LogP contribution is -2.49. The molecule has 0 N–H and O–H groups in total. The Kier molecular flexibility index (Phi) is 6.75. The summed E-state index contributed by atoms with van der Waals surface area (Å²) in [6.07, 6.45) is 6.25. The minimum Gasteiger partial charge on any atom is -0.353 e. The molecule has 4 aromatic heterocycles. The van der Waals surface area contributed by atoms with Gasteiger partial charge in [0.1, 0.15) is 17.3 Å². The van der Waals surface area contributed by atoms with Gasteiger partial charge in [0, 0.05) is 56.9 Å². The number of hydrogen-bond donors (Lipinski definition) is 0. The van der Waals surface area contributed by atoms with Crippen LogP contribution in [0, 0.1) is 5.95 Å². The Morgan fingerprint density at radius 2 is 1.82 bits per heavy atom. The highest BCUT2D eigenvalue weighted by Gasteiger charge is 2.24. The number of aryl methyl sites for hydroxylation is 1. The fourth-order valence-electron chi connectivity index (χ4n) is 5.12. The first-order valence-electron chi connectivity index (χ1n) is 13.2. The largest absolute Gasteiger partial charge is 0.353 e. The van der Waals surface area contributed by atoms with Gasteiger partial charge in [-0.2, -0.15) is 4.39 Å². The summed E-state index contributed by atoms with van der Waals surface area (Å²) in [5, 5.41) is 0. The average Bonchev–Trinajstić information content (AvgIpc) is 3.57. The summed E-state index contributed by atoms with van der Waals surface area (Å²) in [6, 6.07) is 16.3. The van der Waals surface area contributed by atoms with Crippen LogP contribution in [-0.2, 0) is 13.1 Å². The molecule has 1 aliphatic heterocycles. The van der Waals surface area contributed by atoms with Crippen molar-refractivity contribution in [3.05, 3.63) is 90.5 Å². The van der Waals surface area contributed by atoms with Crippen molar-refractivity contribution in [3.8, 4) is 11.5 Å². The molecular weight excluding hydrogens is 495 g/mol. The zero-order valence-corrected chi connectivity index (χ0v) is 21.7. The zero-order chi connectivity index (χ0) is 26.8. The van der Waals surface area contributed by atoms with Crippen LogP contribution in [-0.4, -0.2) is 66.1 Å². The Morgan fingerprint density at radius 1 is 0.949 bits per heavy atom. The summed E-state index contributed by atoms with van der Waals surface area (Å²) in [6.45, 7) is 6.12. The number of rotatable bonds is 7. The normalized spacial score (nSPS) is 13.8. The molecule has 0 spiro atoms. The van der Waals surface area contributed by atoms with Crippen molar-refractivity contribution in [1.82, 2.24) is 34.0 Å². The van der Waals surface area contributed by atoms with E-state index in [4.69, 9.17) is 4.98 Å². The number of aromatic nitrogens is 6. The molecule has 0 saturated carbocycles. The molecule has 1 amide bonds. The predicted octanol–water partition coefficient (Wildman–Crippen LogP) is 4.25. The molecule has 5 aromatic rings. The Bertz CT molecular complexity index is 1600. The van der Waals surface area contributed by atoms with Gasteiger partial charge in [0.15, 0.2) is 5.82 Å². The van der Waals surface area contributed by atoms with Gasteiger partial charge in [0.2, 0.25) is 5.95 Å². The molecule has 1 aliphatic rings. The number of hydrogen-bond acceptors (Lipinski definition) is 6. The van der Waals surface area contributed by atoms with Crippen molar-refractivity contribution in [1.29, 1.82) is 0 Å². The first-order chi connectivity index (χ1) is 19.1. The van der Waals surface area contributed by atoms with Crippen molar-refractivity contribution in [2.24, 2.45) is 0 Å². The minimum absolute atomic E-state index is 0.0123. The molecule has 0 atom stereocenters. The maximum Gasteiger partial charge on any atom is 0.254 e. The number of benzene rings is 1. The maximum atomic E-state index is 13.8. The van der Waals surface area contributed by atoms with Crippen LogP contribution >= 0.6 is 0 Å². The number of piperazine rings is 1. The van der Waals surface area contributed by atoms with Crippen LogP contribution in [0.5, 0.6) is 0 Å². The van der Waals surface area contributed by atoms with Crippen LogP contribution in [0.1, 0.15) is 29.5 Å². The van der Waals surface area contributed by atoms with Crippen LogP contribution in [0.25, 0.3) is 22.6 Å². The van der Waals surface area contributed by atoms with E-state index in [-0.39, 0.29) is 5.91 Å². The number of imidazole rings is 2. The second kappa shape index (κ2) is 10.6. The molecule has 39 heavy (non-hydrogen) atoms. The SMILES string of the molecule is CCCn1c(Cn2ccnc2-c2cccc(F)n2)nc2cc(C(=O)N3CCN(c4ccccn4)CC3)ccc21. The fraction of sp³-hybridized carbons (Fsp3) is 0.276. The average molecular weight is 525 g/mol. The monoisotopic (exact) mass is 524 g/mol. The molecule has 6 rings (SSSR count). The van der Waals surface area contributed by atoms with Gasteiger partial charge < -0.3 is 18.9 Å². The number of amides is 1. The maximum absolute atomic E-state index is 13.8. The Morgan fingerprint density at radius 3 is 2.59 bits per heavy atom. The van der Waals surface area contributed by atoms with Crippen molar-refractivity contribution in [2.45, 2.75) is 26.4 Å². The van der Waals surface area contributed by atoms with Crippen molar-refractivity contribution >= 4 is 22.8 Å². The topological polar surface area (TPSA) is 85.0 Å². The molecule has 1 aromatic carbocycles. The summed E-state index contributed by atoms with van der Waals surface area (Å²) in [7, 11) is 0. The number of carbonyl (C=O) groups is 1. The number of nitrogens with zero attached hydrogens (tertiary/aromatic N) is 8.